The van der Waals surface area contributed by atoms with E-state index in [1.54, 1.807) is 47.3 Å². The molecule has 3 rings (SSSR count). The topological polar surface area (TPSA) is 46.9 Å². The summed E-state index contributed by atoms with van der Waals surface area (Å²) in [6.07, 6.45) is 4.76. The van der Waals surface area contributed by atoms with Crippen molar-refractivity contribution in [2.75, 3.05) is 0 Å². The fourth-order valence-electron chi connectivity index (χ4n) is 2.22. The number of nitrogens with zero attached hydrogens (tertiary/aromatic N) is 2. The monoisotopic (exact) mass is 407 g/mol. The largest absolute Gasteiger partial charge is 0.348 e. The van der Waals surface area contributed by atoms with Crippen LogP contribution >= 0.6 is 27.5 Å². The molecule has 0 fully saturated rings. The fourth-order valence-corrected chi connectivity index (χ4v) is 2.78. The third kappa shape index (κ3) is 3.66. The summed E-state index contributed by atoms with van der Waals surface area (Å²) in [6, 6.07) is 9.81. The maximum Gasteiger partial charge on any atom is 0.253 e. The number of hydrogen-bond donors (Lipinski definition) is 1. The zero-order chi connectivity index (χ0) is 17.1. The van der Waals surface area contributed by atoms with Gasteiger partial charge in [0, 0.05) is 23.4 Å². The van der Waals surface area contributed by atoms with Crippen LogP contribution in [0, 0.1) is 5.82 Å². The van der Waals surface area contributed by atoms with Gasteiger partial charge in [-0.2, -0.15) is 0 Å². The molecule has 3 aromatic rings. The van der Waals surface area contributed by atoms with E-state index in [2.05, 4.69) is 26.2 Å². The predicted molar refractivity (Wildman–Crippen MR) is 93.8 cm³/mol. The number of halogens is 3. The van der Waals surface area contributed by atoms with Gasteiger partial charge in [-0.15, -0.1) is 0 Å². The van der Waals surface area contributed by atoms with Crippen LogP contribution in [0.2, 0.25) is 5.02 Å². The Morgan fingerprint density at radius 1 is 1.29 bits per heavy atom. The first kappa shape index (κ1) is 16.7. The number of aromatic nitrogens is 2. The maximum atomic E-state index is 14.2. The van der Waals surface area contributed by atoms with E-state index in [0.29, 0.717) is 21.8 Å². The van der Waals surface area contributed by atoms with E-state index in [-0.39, 0.29) is 18.3 Å². The van der Waals surface area contributed by atoms with Crippen molar-refractivity contribution in [1.82, 2.24) is 14.9 Å². The first-order valence-corrected chi connectivity index (χ1v) is 8.21. The van der Waals surface area contributed by atoms with Crippen LogP contribution < -0.4 is 5.32 Å². The van der Waals surface area contributed by atoms with E-state index >= 15 is 0 Å². The van der Waals surface area contributed by atoms with Crippen LogP contribution in [-0.4, -0.2) is 15.5 Å². The Labute approximate surface area is 151 Å². The summed E-state index contributed by atoms with van der Waals surface area (Å²) >= 11 is 9.33. The summed E-state index contributed by atoms with van der Waals surface area (Å²) in [6.45, 7) is 0.197. The zero-order valence-electron chi connectivity index (χ0n) is 12.3. The minimum Gasteiger partial charge on any atom is -0.348 e. The van der Waals surface area contributed by atoms with Gasteiger partial charge < -0.3 is 9.88 Å². The van der Waals surface area contributed by atoms with E-state index in [4.69, 9.17) is 11.6 Å². The second-order valence-electron chi connectivity index (χ2n) is 5.06. The molecule has 1 heterocycles. The molecule has 0 aliphatic rings. The highest BCUT2D eigenvalue weighted by atomic mass is 79.9. The van der Waals surface area contributed by atoms with Crippen LogP contribution in [0.1, 0.15) is 15.9 Å². The predicted octanol–water partition coefficient (Wildman–Crippen LogP) is 4.36. The highest BCUT2D eigenvalue weighted by Crippen LogP contribution is 2.21. The summed E-state index contributed by atoms with van der Waals surface area (Å²) in [5, 5.41) is 3.09. The molecule has 1 aromatic heterocycles. The number of hydrogen-bond acceptors (Lipinski definition) is 2. The van der Waals surface area contributed by atoms with Crippen molar-refractivity contribution < 1.29 is 9.18 Å². The summed E-state index contributed by atoms with van der Waals surface area (Å²) in [5.74, 6) is -0.708. The molecular formula is C17H12BrClFN3O. The molecule has 0 atom stereocenters. The van der Waals surface area contributed by atoms with Crippen molar-refractivity contribution >= 4 is 33.4 Å². The standard InChI is InChI=1S/C17H12BrClFN3O/c18-12-2-3-14(19)13(8-12)17(24)22-9-11-1-4-16(15(20)7-11)23-6-5-21-10-23/h1-8,10H,9H2,(H,22,24). The fraction of sp³-hybridized carbons (Fsp3) is 0.0588. The van der Waals surface area contributed by atoms with Crippen LogP contribution in [0.15, 0.2) is 59.6 Å². The van der Waals surface area contributed by atoms with Gasteiger partial charge in [-0.3, -0.25) is 4.79 Å². The molecule has 4 nitrogen and oxygen atoms in total. The second kappa shape index (κ2) is 7.15. The quantitative estimate of drug-likeness (QED) is 0.697. The average molecular weight is 409 g/mol. The summed E-state index contributed by atoms with van der Waals surface area (Å²) in [4.78, 5) is 16.1. The van der Waals surface area contributed by atoms with Crippen LogP contribution in [-0.2, 0) is 6.54 Å². The van der Waals surface area contributed by atoms with Gasteiger partial charge in [0.15, 0.2) is 0 Å². The van der Waals surface area contributed by atoms with Crippen molar-refractivity contribution in [3.05, 3.63) is 81.6 Å². The normalized spacial score (nSPS) is 10.6. The van der Waals surface area contributed by atoms with Gasteiger partial charge in [0.05, 0.1) is 22.6 Å². The summed E-state index contributed by atoms with van der Waals surface area (Å²) in [7, 11) is 0. The maximum absolute atomic E-state index is 14.2. The Morgan fingerprint density at radius 3 is 2.83 bits per heavy atom. The SMILES string of the molecule is O=C(NCc1ccc(-n2ccnc2)c(F)c1)c1cc(Br)ccc1Cl. The summed E-state index contributed by atoms with van der Waals surface area (Å²) < 4.78 is 16.5. The lowest BCUT2D eigenvalue weighted by Crippen LogP contribution is -2.23. The molecule has 0 spiro atoms. The Hall–Kier alpha value is -2.18. The van der Waals surface area contributed by atoms with Crippen molar-refractivity contribution in [3.63, 3.8) is 0 Å². The average Bonchev–Trinajstić information content (AvgIpc) is 3.09. The molecule has 1 amide bonds. The summed E-state index contributed by atoms with van der Waals surface area (Å²) in [5.41, 5.74) is 1.41. The molecule has 7 heteroatoms. The third-order valence-electron chi connectivity index (χ3n) is 3.42. The Kier molecular flexibility index (Phi) is 4.97. The van der Waals surface area contributed by atoms with Gasteiger partial charge in [0.1, 0.15) is 5.82 Å². The Balaban J connectivity index is 1.72. The number of nitrogens with one attached hydrogen (secondary N) is 1. The molecule has 0 bridgehead atoms. The van der Waals surface area contributed by atoms with Crippen LogP contribution in [0.5, 0.6) is 0 Å². The lowest BCUT2D eigenvalue weighted by Gasteiger charge is -2.09. The van der Waals surface area contributed by atoms with Gasteiger partial charge in [-0.1, -0.05) is 33.6 Å². The van der Waals surface area contributed by atoms with Gasteiger partial charge in [-0.05, 0) is 35.9 Å². The van der Waals surface area contributed by atoms with Crippen LogP contribution in [0.4, 0.5) is 4.39 Å². The molecule has 24 heavy (non-hydrogen) atoms. The van der Waals surface area contributed by atoms with Gasteiger partial charge >= 0.3 is 0 Å². The smallest absolute Gasteiger partial charge is 0.253 e. The van der Waals surface area contributed by atoms with E-state index in [1.807, 2.05) is 0 Å². The van der Waals surface area contributed by atoms with E-state index in [0.717, 1.165) is 4.47 Å². The molecule has 122 valence electrons. The van der Waals surface area contributed by atoms with Crippen molar-refractivity contribution in [1.29, 1.82) is 0 Å². The first-order valence-electron chi connectivity index (χ1n) is 7.04. The zero-order valence-corrected chi connectivity index (χ0v) is 14.7. The van der Waals surface area contributed by atoms with E-state index in [9.17, 15) is 9.18 Å². The lowest BCUT2D eigenvalue weighted by atomic mass is 10.1. The minimum atomic E-state index is -0.389. The van der Waals surface area contributed by atoms with E-state index in [1.165, 1.54) is 12.4 Å². The van der Waals surface area contributed by atoms with Crippen LogP contribution in [0.3, 0.4) is 0 Å². The first-order chi connectivity index (χ1) is 11.5. The number of rotatable bonds is 4. The number of carbonyl (C=O) groups excluding carboxylic acids is 1. The molecular weight excluding hydrogens is 397 g/mol. The molecule has 0 saturated carbocycles. The van der Waals surface area contributed by atoms with Gasteiger partial charge in [-0.25, -0.2) is 9.37 Å². The van der Waals surface area contributed by atoms with Crippen LogP contribution in [0.25, 0.3) is 5.69 Å². The molecule has 0 aliphatic carbocycles. The molecule has 2 aromatic carbocycles. The lowest BCUT2D eigenvalue weighted by molar-refractivity contribution is 0.0951. The number of amides is 1. The molecule has 1 N–H and O–H groups in total. The molecule has 0 aliphatic heterocycles. The highest BCUT2D eigenvalue weighted by Gasteiger charge is 2.11. The van der Waals surface area contributed by atoms with Gasteiger partial charge in [0.25, 0.3) is 5.91 Å². The van der Waals surface area contributed by atoms with Crippen molar-refractivity contribution in [2.24, 2.45) is 0 Å². The van der Waals surface area contributed by atoms with Gasteiger partial charge in [0.2, 0.25) is 0 Å². The van der Waals surface area contributed by atoms with Crippen molar-refractivity contribution in [2.45, 2.75) is 6.54 Å². The van der Waals surface area contributed by atoms with E-state index < -0.39 is 0 Å². The number of benzene rings is 2. The van der Waals surface area contributed by atoms with Crippen molar-refractivity contribution in [3.8, 4) is 5.69 Å². The number of carbonyl (C=O) groups is 1. The minimum absolute atomic E-state index is 0.197. The Bertz CT molecular complexity index is 884. The highest BCUT2D eigenvalue weighted by molar-refractivity contribution is 9.10. The molecule has 0 radical (unpaired) electrons. The number of imidazole rings is 1. The Morgan fingerprint density at radius 2 is 2.12 bits per heavy atom. The second-order valence-corrected chi connectivity index (χ2v) is 6.39. The molecule has 0 saturated heterocycles. The third-order valence-corrected chi connectivity index (χ3v) is 4.24. The molecule has 0 unspecified atom stereocenters.